The molecule has 2 aromatic rings. The maximum Gasteiger partial charge on any atom is 0.257 e. The number of fused-ring (bicyclic) bond motifs is 2. The lowest BCUT2D eigenvalue weighted by atomic mass is 10.1. The quantitative estimate of drug-likeness (QED) is 0.854. The molecule has 0 unspecified atom stereocenters. The summed E-state index contributed by atoms with van der Waals surface area (Å²) in [6, 6.07) is 7.93. The van der Waals surface area contributed by atoms with E-state index in [4.69, 9.17) is 11.6 Å². The number of rotatable bonds is 2. The Morgan fingerprint density at radius 1 is 1.29 bits per heavy atom. The van der Waals surface area contributed by atoms with Gasteiger partial charge in [0, 0.05) is 18.8 Å². The van der Waals surface area contributed by atoms with Crippen molar-refractivity contribution in [2.24, 2.45) is 5.92 Å². The summed E-state index contributed by atoms with van der Waals surface area (Å²) in [5.74, 6) is 0.804. The van der Waals surface area contributed by atoms with Crippen molar-refractivity contribution in [3.05, 3.63) is 47.2 Å². The lowest BCUT2D eigenvalue weighted by Gasteiger charge is -2.26. The fourth-order valence-electron chi connectivity index (χ4n) is 3.54. The third-order valence-electron chi connectivity index (χ3n) is 4.60. The average Bonchev–Trinajstić information content (AvgIpc) is 3.23. The van der Waals surface area contributed by atoms with E-state index in [1.165, 1.54) is 12.8 Å². The molecular weight excluding hydrogens is 286 g/mol. The Labute approximate surface area is 128 Å². The van der Waals surface area contributed by atoms with Crippen molar-refractivity contribution in [1.29, 1.82) is 0 Å². The maximum absolute atomic E-state index is 12.6. The molecule has 5 heteroatoms. The molecule has 1 saturated carbocycles. The predicted octanol–water partition coefficient (Wildman–Crippen LogP) is 3.15. The highest BCUT2D eigenvalue weighted by molar-refractivity contribution is 6.32. The summed E-state index contributed by atoms with van der Waals surface area (Å²) >= 11 is 6.17. The Balaban J connectivity index is 1.60. The fraction of sp³-hybridized carbons (Fsp3) is 0.375. The zero-order valence-corrected chi connectivity index (χ0v) is 12.3. The van der Waals surface area contributed by atoms with Crippen LogP contribution in [-0.4, -0.2) is 33.2 Å². The second-order valence-corrected chi connectivity index (χ2v) is 6.32. The monoisotopic (exact) mass is 301 g/mol. The van der Waals surface area contributed by atoms with Crippen LogP contribution >= 0.6 is 11.6 Å². The normalized spacial score (nSPS) is 23.8. The number of aromatic nitrogens is 2. The molecule has 0 N–H and O–H groups in total. The van der Waals surface area contributed by atoms with Gasteiger partial charge >= 0.3 is 0 Å². The second kappa shape index (κ2) is 4.88. The zero-order valence-electron chi connectivity index (χ0n) is 11.6. The van der Waals surface area contributed by atoms with E-state index in [1.807, 2.05) is 29.2 Å². The molecule has 2 heterocycles. The molecule has 1 amide bonds. The van der Waals surface area contributed by atoms with Gasteiger partial charge in [0.1, 0.15) is 0 Å². The first kappa shape index (κ1) is 12.9. The number of carbonyl (C=O) groups excluding carboxylic acids is 1. The lowest BCUT2D eigenvalue weighted by molar-refractivity contribution is 0.0703. The van der Waals surface area contributed by atoms with Crippen molar-refractivity contribution in [2.45, 2.75) is 25.3 Å². The number of nitrogens with zero attached hydrogens (tertiary/aromatic N) is 3. The molecule has 2 atom stereocenters. The number of amides is 1. The molecule has 1 aromatic carbocycles. The molecule has 0 spiro atoms. The lowest BCUT2D eigenvalue weighted by Crippen LogP contribution is -2.37. The van der Waals surface area contributed by atoms with E-state index >= 15 is 0 Å². The molecule has 1 aromatic heterocycles. The maximum atomic E-state index is 12.6. The summed E-state index contributed by atoms with van der Waals surface area (Å²) in [6.45, 7) is 0.904. The van der Waals surface area contributed by atoms with E-state index in [1.54, 1.807) is 17.1 Å². The van der Waals surface area contributed by atoms with Crippen molar-refractivity contribution < 1.29 is 4.79 Å². The molecule has 4 rings (SSSR count). The van der Waals surface area contributed by atoms with Crippen LogP contribution in [0.3, 0.4) is 0 Å². The largest absolute Gasteiger partial charge is 0.335 e. The molecule has 2 bridgehead atoms. The van der Waals surface area contributed by atoms with Crippen LogP contribution < -0.4 is 0 Å². The Kier molecular flexibility index (Phi) is 3.00. The summed E-state index contributed by atoms with van der Waals surface area (Å²) in [6.07, 6.45) is 7.00. The summed E-state index contributed by atoms with van der Waals surface area (Å²) in [4.78, 5) is 14.6. The number of likely N-dealkylation sites (tertiary alicyclic amines) is 1. The number of para-hydroxylation sites is 1. The van der Waals surface area contributed by atoms with Crippen LogP contribution in [0.4, 0.5) is 0 Å². The van der Waals surface area contributed by atoms with Crippen molar-refractivity contribution >= 4 is 17.5 Å². The van der Waals surface area contributed by atoms with E-state index in [0.717, 1.165) is 18.7 Å². The van der Waals surface area contributed by atoms with E-state index in [0.29, 0.717) is 22.5 Å². The van der Waals surface area contributed by atoms with E-state index in [-0.39, 0.29) is 5.91 Å². The number of piperidine rings is 1. The zero-order chi connectivity index (χ0) is 14.4. The van der Waals surface area contributed by atoms with Gasteiger partial charge in [0.25, 0.3) is 5.91 Å². The van der Waals surface area contributed by atoms with Gasteiger partial charge in [-0.15, -0.1) is 0 Å². The SMILES string of the molecule is O=C(c1cnn(-c2ccccc2Cl)c1)N1C[C@H]2CC[C@H]1C2. The van der Waals surface area contributed by atoms with E-state index < -0.39 is 0 Å². The molecule has 2 aliphatic rings. The van der Waals surface area contributed by atoms with Gasteiger partial charge in [0.2, 0.25) is 0 Å². The first-order valence-corrected chi connectivity index (χ1v) is 7.71. The smallest absolute Gasteiger partial charge is 0.257 e. The molecule has 21 heavy (non-hydrogen) atoms. The van der Waals surface area contributed by atoms with Gasteiger partial charge < -0.3 is 4.90 Å². The van der Waals surface area contributed by atoms with Crippen LogP contribution in [0.5, 0.6) is 0 Å². The predicted molar refractivity (Wildman–Crippen MR) is 80.7 cm³/mol. The molecule has 1 aliphatic carbocycles. The molecule has 2 fully saturated rings. The first-order valence-electron chi connectivity index (χ1n) is 7.33. The minimum Gasteiger partial charge on any atom is -0.335 e. The Bertz CT molecular complexity index is 696. The van der Waals surface area contributed by atoms with Crippen molar-refractivity contribution in [3.63, 3.8) is 0 Å². The molecule has 1 aliphatic heterocycles. The van der Waals surface area contributed by atoms with Crippen molar-refractivity contribution in [2.75, 3.05) is 6.54 Å². The van der Waals surface area contributed by atoms with E-state index in [2.05, 4.69) is 5.10 Å². The average molecular weight is 302 g/mol. The molecule has 108 valence electrons. The van der Waals surface area contributed by atoms with Crippen LogP contribution in [0.25, 0.3) is 5.69 Å². The molecule has 4 nitrogen and oxygen atoms in total. The van der Waals surface area contributed by atoms with Crippen LogP contribution in [0, 0.1) is 5.92 Å². The highest BCUT2D eigenvalue weighted by atomic mass is 35.5. The highest BCUT2D eigenvalue weighted by Gasteiger charge is 2.40. The fourth-order valence-corrected chi connectivity index (χ4v) is 3.76. The third-order valence-corrected chi connectivity index (χ3v) is 4.92. The van der Waals surface area contributed by atoms with E-state index in [9.17, 15) is 4.79 Å². The van der Waals surface area contributed by atoms with Gasteiger partial charge in [-0.1, -0.05) is 23.7 Å². The Morgan fingerprint density at radius 2 is 2.14 bits per heavy atom. The number of carbonyl (C=O) groups is 1. The van der Waals surface area contributed by atoms with Gasteiger partial charge in [0.15, 0.2) is 0 Å². The van der Waals surface area contributed by atoms with Crippen molar-refractivity contribution in [3.8, 4) is 5.69 Å². The number of halogens is 1. The molecule has 0 radical (unpaired) electrons. The van der Waals surface area contributed by atoms with Crippen molar-refractivity contribution in [1.82, 2.24) is 14.7 Å². The van der Waals surface area contributed by atoms with Crippen LogP contribution in [-0.2, 0) is 0 Å². The molecular formula is C16H16ClN3O. The minimum absolute atomic E-state index is 0.0977. The number of hydrogen-bond donors (Lipinski definition) is 0. The topological polar surface area (TPSA) is 38.1 Å². The number of benzene rings is 1. The van der Waals surface area contributed by atoms with Crippen LogP contribution in [0.2, 0.25) is 5.02 Å². The van der Waals surface area contributed by atoms with Gasteiger partial charge in [-0.2, -0.15) is 5.10 Å². The first-order chi connectivity index (χ1) is 10.2. The summed E-state index contributed by atoms with van der Waals surface area (Å²) in [5.41, 5.74) is 1.43. The molecule has 1 saturated heterocycles. The second-order valence-electron chi connectivity index (χ2n) is 5.92. The van der Waals surface area contributed by atoms with Gasteiger partial charge in [-0.3, -0.25) is 4.79 Å². The van der Waals surface area contributed by atoms with Gasteiger partial charge in [-0.25, -0.2) is 4.68 Å². The Morgan fingerprint density at radius 3 is 2.86 bits per heavy atom. The standard InChI is InChI=1S/C16H16ClN3O/c17-14-3-1-2-4-15(14)20-10-12(8-18-20)16(21)19-9-11-5-6-13(19)7-11/h1-4,8,10-11,13H,5-7,9H2/t11-,13-/m0/s1. The highest BCUT2D eigenvalue weighted by Crippen LogP contribution is 2.38. The Hall–Kier alpha value is -1.81. The van der Waals surface area contributed by atoms with Gasteiger partial charge in [-0.05, 0) is 37.3 Å². The third kappa shape index (κ3) is 2.14. The number of hydrogen-bond acceptors (Lipinski definition) is 2. The summed E-state index contributed by atoms with van der Waals surface area (Å²) in [5, 5.41) is 4.91. The summed E-state index contributed by atoms with van der Waals surface area (Å²) in [7, 11) is 0. The van der Waals surface area contributed by atoms with Crippen LogP contribution in [0.1, 0.15) is 29.6 Å². The van der Waals surface area contributed by atoms with Gasteiger partial charge in [0.05, 0.1) is 22.5 Å². The van der Waals surface area contributed by atoms with Crippen LogP contribution in [0.15, 0.2) is 36.7 Å². The minimum atomic E-state index is 0.0977. The summed E-state index contributed by atoms with van der Waals surface area (Å²) < 4.78 is 1.67.